The van der Waals surface area contributed by atoms with E-state index in [1.807, 2.05) is 0 Å². The van der Waals surface area contributed by atoms with Crippen molar-refractivity contribution in [2.24, 2.45) is 5.92 Å². The van der Waals surface area contributed by atoms with Gasteiger partial charge in [0.05, 0.1) is 0 Å². The Morgan fingerprint density at radius 1 is 1.27 bits per heavy atom. The number of methoxy groups -OCH3 is 2. The molecular weight excluding hydrogens is 194 g/mol. The third kappa shape index (κ3) is 5.47. The van der Waals surface area contributed by atoms with Crippen LogP contribution in [0.2, 0.25) is 0 Å². The molecule has 4 nitrogen and oxygen atoms in total. The maximum absolute atomic E-state index is 5.32. The average Bonchev–Trinajstić information content (AvgIpc) is 2.31. The smallest absolute Gasteiger partial charge is 0.169 e. The molecule has 1 saturated heterocycles. The van der Waals surface area contributed by atoms with E-state index >= 15 is 0 Å². The summed E-state index contributed by atoms with van der Waals surface area (Å²) in [5.41, 5.74) is 0. The van der Waals surface area contributed by atoms with E-state index in [1.165, 1.54) is 19.3 Å². The first kappa shape index (κ1) is 12.9. The Morgan fingerprint density at radius 3 is 2.53 bits per heavy atom. The molecule has 0 aliphatic carbocycles. The first-order valence-electron chi connectivity index (χ1n) is 5.71. The van der Waals surface area contributed by atoms with Gasteiger partial charge in [0.1, 0.15) is 0 Å². The second-order valence-electron chi connectivity index (χ2n) is 3.95. The summed E-state index contributed by atoms with van der Waals surface area (Å²) in [5.74, 6) is 0.829. The van der Waals surface area contributed by atoms with Crippen molar-refractivity contribution in [1.29, 1.82) is 0 Å². The highest BCUT2D eigenvalue weighted by molar-refractivity contribution is 4.65. The Bertz CT molecular complexity index is 145. The minimum Gasteiger partial charge on any atom is -0.381 e. The molecule has 0 unspecified atom stereocenters. The van der Waals surface area contributed by atoms with Crippen molar-refractivity contribution in [1.82, 2.24) is 5.32 Å². The van der Waals surface area contributed by atoms with Crippen LogP contribution in [0.4, 0.5) is 0 Å². The number of hydrogen-bond donors (Lipinski definition) is 1. The summed E-state index contributed by atoms with van der Waals surface area (Å²) in [6.07, 6.45) is 3.52. The average molecular weight is 217 g/mol. The predicted molar refractivity (Wildman–Crippen MR) is 58.8 cm³/mol. The van der Waals surface area contributed by atoms with E-state index in [2.05, 4.69) is 5.32 Å². The molecule has 0 bridgehead atoms. The molecule has 0 amide bonds. The lowest BCUT2D eigenvalue weighted by Crippen LogP contribution is -2.31. The molecule has 0 radical (unpaired) electrons. The van der Waals surface area contributed by atoms with Crippen LogP contribution in [0.1, 0.15) is 19.3 Å². The minimum absolute atomic E-state index is 0.125. The lowest BCUT2D eigenvalue weighted by atomic mass is 9.97. The van der Waals surface area contributed by atoms with Crippen molar-refractivity contribution in [3.63, 3.8) is 0 Å². The fourth-order valence-corrected chi connectivity index (χ4v) is 1.82. The van der Waals surface area contributed by atoms with Gasteiger partial charge in [0, 0.05) is 34.0 Å². The zero-order valence-corrected chi connectivity index (χ0v) is 9.83. The summed E-state index contributed by atoms with van der Waals surface area (Å²) < 4.78 is 15.5. The molecule has 1 aliphatic rings. The monoisotopic (exact) mass is 217 g/mol. The van der Waals surface area contributed by atoms with E-state index in [0.717, 1.165) is 32.2 Å². The molecular formula is C11H23NO3. The van der Waals surface area contributed by atoms with Gasteiger partial charge in [-0.2, -0.15) is 0 Å². The summed E-state index contributed by atoms with van der Waals surface area (Å²) in [6.45, 7) is 3.66. The topological polar surface area (TPSA) is 39.7 Å². The van der Waals surface area contributed by atoms with Crippen LogP contribution in [0.15, 0.2) is 0 Å². The first-order chi connectivity index (χ1) is 7.36. The minimum atomic E-state index is -0.125. The maximum atomic E-state index is 5.32. The summed E-state index contributed by atoms with van der Waals surface area (Å²) >= 11 is 0. The Balaban J connectivity index is 1.95. The van der Waals surface area contributed by atoms with E-state index < -0.39 is 0 Å². The number of ether oxygens (including phenoxy) is 3. The van der Waals surface area contributed by atoms with Crippen LogP contribution in [0.3, 0.4) is 0 Å². The molecule has 1 fully saturated rings. The Morgan fingerprint density at radius 2 is 1.93 bits per heavy atom. The summed E-state index contributed by atoms with van der Waals surface area (Å²) in [4.78, 5) is 0. The maximum Gasteiger partial charge on any atom is 0.169 e. The highest BCUT2D eigenvalue weighted by Crippen LogP contribution is 2.17. The van der Waals surface area contributed by atoms with Gasteiger partial charge in [-0.3, -0.25) is 0 Å². The van der Waals surface area contributed by atoms with Gasteiger partial charge in [-0.05, 0) is 31.7 Å². The van der Waals surface area contributed by atoms with Crippen LogP contribution < -0.4 is 5.32 Å². The van der Waals surface area contributed by atoms with Gasteiger partial charge >= 0.3 is 0 Å². The van der Waals surface area contributed by atoms with Crippen molar-refractivity contribution < 1.29 is 14.2 Å². The zero-order valence-electron chi connectivity index (χ0n) is 9.83. The highest BCUT2D eigenvalue weighted by atomic mass is 16.7. The molecule has 0 aromatic rings. The zero-order chi connectivity index (χ0) is 10.9. The molecule has 0 spiro atoms. The van der Waals surface area contributed by atoms with Crippen LogP contribution in [-0.2, 0) is 14.2 Å². The van der Waals surface area contributed by atoms with Gasteiger partial charge in [-0.1, -0.05) is 0 Å². The number of rotatable bonds is 7. The molecule has 0 saturated carbocycles. The van der Waals surface area contributed by atoms with Crippen LogP contribution >= 0.6 is 0 Å². The Hall–Kier alpha value is -0.160. The fourth-order valence-electron chi connectivity index (χ4n) is 1.82. The van der Waals surface area contributed by atoms with Gasteiger partial charge in [-0.15, -0.1) is 0 Å². The summed E-state index contributed by atoms with van der Waals surface area (Å²) in [6, 6.07) is 0. The van der Waals surface area contributed by atoms with Gasteiger partial charge in [0.25, 0.3) is 0 Å². The van der Waals surface area contributed by atoms with E-state index in [1.54, 1.807) is 14.2 Å². The first-order valence-corrected chi connectivity index (χ1v) is 5.71. The van der Waals surface area contributed by atoms with Crippen LogP contribution in [0.5, 0.6) is 0 Å². The lowest BCUT2D eigenvalue weighted by Gasteiger charge is -2.22. The van der Waals surface area contributed by atoms with Gasteiger partial charge in [-0.25, -0.2) is 0 Å². The second kappa shape index (κ2) is 8.05. The Kier molecular flexibility index (Phi) is 6.92. The van der Waals surface area contributed by atoms with Crippen LogP contribution in [0, 0.1) is 5.92 Å². The van der Waals surface area contributed by atoms with E-state index in [0.29, 0.717) is 0 Å². The van der Waals surface area contributed by atoms with Gasteiger partial charge < -0.3 is 19.5 Å². The van der Waals surface area contributed by atoms with E-state index in [-0.39, 0.29) is 6.29 Å². The molecule has 1 rings (SSSR count). The number of nitrogens with one attached hydrogen (secondary N) is 1. The Labute approximate surface area is 92.3 Å². The van der Waals surface area contributed by atoms with Crippen molar-refractivity contribution in [3.05, 3.63) is 0 Å². The van der Waals surface area contributed by atoms with Gasteiger partial charge in [0.15, 0.2) is 6.29 Å². The molecule has 0 atom stereocenters. The summed E-state index contributed by atoms with van der Waals surface area (Å²) in [5, 5.41) is 3.34. The normalized spacial score (nSPS) is 18.6. The molecule has 90 valence electrons. The van der Waals surface area contributed by atoms with Crippen LogP contribution in [-0.4, -0.2) is 46.8 Å². The molecule has 1 aliphatic heterocycles. The van der Waals surface area contributed by atoms with E-state index in [9.17, 15) is 0 Å². The van der Waals surface area contributed by atoms with Crippen molar-refractivity contribution in [2.75, 3.05) is 40.5 Å². The van der Waals surface area contributed by atoms with Crippen molar-refractivity contribution in [2.45, 2.75) is 25.6 Å². The molecule has 15 heavy (non-hydrogen) atoms. The SMILES string of the molecule is COC(CNCCC1CCOCC1)OC. The van der Waals surface area contributed by atoms with Crippen molar-refractivity contribution in [3.8, 4) is 0 Å². The molecule has 0 aromatic carbocycles. The fraction of sp³-hybridized carbons (Fsp3) is 1.00. The second-order valence-corrected chi connectivity index (χ2v) is 3.95. The third-order valence-electron chi connectivity index (χ3n) is 2.91. The number of hydrogen-bond acceptors (Lipinski definition) is 4. The van der Waals surface area contributed by atoms with Crippen molar-refractivity contribution >= 4 is 0 Å². The standard InChI is InChI=1S/C11H23NO3/c1-13-11(14-2)9-12-6-3-10-4-7-15-8-5-10/h10-12H,3-9H2,1-2H3. The largest absolute Gasteiger partial charge is 0.381 e. The highest BCUT2D eigenvalue weighted by Gasteiger charge is 2.13. The molecule has 1 N–H and O–H groups in total. The van der Waals surface area contributed by atoms with E-state index in [4.69, 9.17) is 14.2 Å². The molecule has 4 heteroatoms. The predicted octanol–water partition coefficient (Wildman–Crippen LogP) is 1.01. The van der Waals surface area contributed by atoms with Crippen LogP contribution in [0.25, 0.3) is 0 Å². The summed E-state index contributed by atoms with van der Waals surface area (Å²) in [7, 11) is 3.32. The lowest BCUT2D eigenvalue weighted by molar-refractivity contribution is -0.0988. The third-order valence-corrected chi connectivity index (χ3v) is 2.91. The van der Waals surface area contributed by atoms with Gasteiger partial charge in [0.2, 0.25) is 0 Å². The molecule has 1 heterocycles. The quantitative estimate of drug-likeness (QED) is 0.510. The molecule has 0 aromatic heterocycles.